The zero-order valence-electron chi connectivity index (χ0n) is 13.8. The molecule has 1 amide bonds. The van der Waals surface area contributed by atoms with Gasteiger partial charge < -0.3 is 15.4 Å². The molecule has 0 spiro atoms. The maximum absolute atomic E-state index is 11.7. The van der Waals surface area contributed by atoms with Crippen LogP contribution in [0.3, 0.4) is 0 Å². The van der Waals surface area contributed by atoms with E-state index in [2.05, 4.69) is 36.6 Å². The first-order valence-corrected chi connectivity index (χ1v) is 7.65. The Hall–Kier alpha value is -1.55. The first-order valence-electron chi connectivity index (χ1n) is 7.65. The lowest BCUT2D eigenvalue weighted by Crippen LogP contribution is -2.34. The predicted octanol–water partition coefficient (Wildman–Crippen LogP) is 2.96. The summed E-state index contributed by atoms with van der Waals surface area (Å²) in [5.41, 5.74) is 2.29. The summed E-state index contributed by atoms with van der Waals surface area (Å²) in [6, 6.07) is 6.57. The monoisotopic (exact) mass is 292 g/mol. The number of benzene rings is 1. The SMILES string of the molecule is CCC(C)NC(=O)CCNC(C)c1ccc(C)cc1OC. The van der Waals surface area contributed by atoms with Crippen molar-refractivity contribution in [3.8, 4) is 5.75 Å². The number of methoxy groups -OCH3 is 1. The summed E-state index contributed by atoms with van der Waals surface area (Å²) in [7, 11) is 1.69. The molecule has 4 heteroatoms. The smallest absolute Gasteiger partial charge is 0.221 e. The van der Waals surface area contributed by atoms with Gasteiger partial charge in [0, 0.05) is 30.6 Å². The summed E-state index contributed by atoms with van der Waals surface area (Å²) >= 11 is 0. The number of aryl methyl sites for hydroxylation is 1. The maximum atomic E-state index is 11.7. The molecule has 0 bridgehead atoms. The van der Waals surface area contributed by atoms with Gasteiger partial charge in [0.25, 0.3) is 0 Å². The molecule has 1 aromatic rings. The Morgan fingerprint density at radius 3 is 2.67 bits per heavy atom. The van der Waals surface area contributed by atoms with Gasteiger partial charge >= 0.3 is 0 Å². The molecule has 0 fully saturated rings. The molecule has 2 atom stereocenters. The van der Waals surface area contributed by atoms with Gasteiger partial charge in [-0.25, -0.2) is 0 Å². The highest BCUT2D eigenvalue weighted by Crippen LogP contribution is 2.25. The normalized spacial score (nSPS) is 13.6. The highest BCUT2D eigenvalue weighted by atomic mass is 16.5. The number of hydrogen-bond donors (Lipinski definition) is 2. The first-order chi connectivity index (χ1) is 9.97. The van der Waals surface area contributed by atoms with E-state index >= 15 is 0 Å². The van der Waals surface area contributed by atoms with E-state index in [1.54, 1.807) is 7.11 Å². The van der Waals surface area contributed by atoms with Crippen molar-refractivity contribution in [3.63, 3.8) is 0 Å². The Kier molecular flexibility index (Phi) is 7.23. The van der Waals surface area contributed by atoms with E-state index in [9.17, 15) is 4.79 Å². The van der Waals surface area contributed by atoms with Gasteiger partial charge in [-0.2, -0.15) is 0 Å². The minimum Gasteiger partial charge on any atom is -0.496 e. The van der Waals surface area contributed by atoms with E-state index < -0.39 is 0 Å². The van der Waals surface area contributed by atoms with Gasteiger partial charge in [-0.3, -0.25) is 4.79 Å². The second-order valence-corrected chi connectivity index (χ2v) is 5.55. The van der Waals surface area contributed by atoms with Crippen LogP contribution in [0.15, 0.2) is 18.2 Å². The van der Waals surface area contributed by atoms with Crippen molar-refractivity contribution in [2.45, 2.75) is 52.6 Å². The van der Waals surface area contributed by atoms with Crippen LogP contribution < -0.4 is 15.4 Å². The van der Waals surface area contributed by atoms with Crippen LogP contribution in [0.25, 0.3) is 0 Å². The number of ether oxygens (including phenoxy) is 1. The van der Waals surface area contributed by atoms with Gasteiger partial charge in [0.05, 0.1) is 7.11 Å². The quantitative estimate of drug-likeness (QED) is 0.774. The third kappa shape index (κ3) is 5.76. The van der Waals surface area contributed by atoms with Crippen molar-refractivity contribution in [2.24, 2.45) is 0 Å². The van der Waals surface area contributed by atoms with E-state index in [1.165, 1.54) is 5.56 Å². The average molecular weight is 292 g/mol. The van der Waals surface area contributed by atoms with Gasteiger partial charge in [0.15, 0.2) is 0 Å². The standard InChI is InChI=1S/C17H28N2O2/c1-6-13(3)19-17(20)9-10-18-14(4)15-8-7-12(2)11-16(15)21-5/h7-8,11,13-14,18H,6,9-10H2,1-5H3,(H,19,20). The fourth-order valence-corrected chi connectivity index (χ4v) is 2.14. The summed E-state index contributed by atoms with van der Waals surface area (Å²) in [4.78, 5) is 11.7. The van der Waals surface area contributed by atoms with E-state index in [-0.39, 0.29) is 18.0 Å². The zero-order valence-corrected chi connectivity index (χ0v) is 13.8. The molecule has 0 aliphatic rings. The fraction of sp³-hybridized carbons (Fsp3) is 0.588. The van der Waals surface area contributed by atoms with Crippen molar-refractivity contribution < 1.29 is 9.53 Å². The Balaban J connectivity index is 2.47. The number of rotatable bonds is 8. The molecule has 0 saturated heterocycles. The summed E-state index contributed by atoms with van der Waals surface area (Å²) in [6.07, 6.45) is 1.44. The first kappa shape index (κ1) is 17.5. The van der Waals surface area contributed by atoms with Crippen molar-refractivity contribution in [2.75, 3.05) is 13.7 Å². The number of carbonyl (C=O) groups excluding carboxylic acids is 1. The highest BCUT2D eigenvalue weighted by molar-refractivity contribution is 5.76. The Morgan fingerprint density at radius 2 is 2.05 bits per heavy atom. The van der Waals surface area contributed by atoms with Gasteiger partial charge in [0.2, 0.25) is 5.91 Å². The van der Waals surface area contributed by atoms with Crippen LogP contribution in [0.5, 0.6) is 5.75 Å². The highest BCUT2D eigenvalue weighted by Gasteiger charge is 2.12. The Bertz CT molecular complexity index is 460. The molecule has 4 nitrogen and oxygen atoms in total. The van der Waals surface area contributed by atoms with Gasteiger partial charge in [-0.15, -0.1) is 0 Å². The molecule has 0 aromatic heterocycles. The van der Waals surface area contributed by atoms with Crippen LogP contribution in [-0.4, -0.2) is 25.6 Å². The molecule has 2 N–H and O–H groups in total. The average Bonchev–Trinajstić information content (AvgIpc) is 2.46. The molecule has 0 radical (unpaired) electrons. The number of amides is 1. The van der Waals surface area contributed by atoms with Gasteiger partial charge in [-0.1, -0.05) is 19.1 Å². The summed E-state index contributed by atoms with van der Waals surface area (Å²) in [6.45, 7) is 8.86. The molecular weight excluding hydrogens is 264 g/mol. The van der Waals surface area contributed by atoms with Crippen LogP contribution in [0.1, 0.15) is 50.8 Å². The van der Waals surface area contributed by atoms with E-state index in [0.29, 0.717) is 13.0 Å². The van der Waals surface area contributed by atoms with Crippen molar-refractivity contribution in [1.82, 2.24) is 10.6 Å². The topological polar surface area (TPSA) is 50.4 Å². The number of hydrogen-bond acceptors (Lipinski definition) is 3. The molecule has 2 unspecified atom stereocenters. The van der Waals surface area contributed by atoms with Crippen molar-refractivity contribution in [3.05, 3.63) is 29.3 Å². The minimum atomic E-state index is 0.0971. The lowest BCUT2D eigenvalue weighted by molar-refractivity contribution is -0.121. The van der Waals surface area contributed by atoms with Gasteiger partial charge in [0.1, 0.15) is 5.75 Å². The number of nitrogens with one attached hydrogen (secondary N) is 2. The maximum Gasteiger partial charge on any atom is 0.221 e. The minimum absolute atomic E-state index is 0.0971. The second-order valence-electron chi connectivity index (χ2n) is 5.55. The molecule has 0 saturated carbocycles. The van der Waals surface area contributed by atoms with Gasteiger partial charge in [-0.05, 0) is 38.8 Å². The molecule has 0 aliphatic carbocycles. The third-order valence-electron chi connectivity index (χ3n) is 3.68. The second kappa shape index (κ2) is 8.67. The summed E-state index contributed by atoms with van der Waals surface area (Å²) in [5.74, 6) is 0.985. The molecule has 0 heterocycles. The van der Waals surface area contributed by atoms with E-state index in [4.69, 9.17) is 4.74 Å². The fourth-order valence-electron chi connectivity index (χ4n) is 2.14. The lowest BCUT2D eigenvalue weighted by atomic mass is 10.0. The lowest BCUT2D eigenvalue weighted by Gasteiger charge is -2.18. The van der Waals surface area contributed by atoms with Crippen LogP contribution in [0.2, 0.25) is 0 Å². The van der Waals surface area contributed by atoms with Crippen LogP contribution in [0, 0.1) is 6.92 Å². The van der Waals surface area contributed by atoms with Crippen molar-refractivity contribution >= 4 is 5.91 Å². The zero-order chi connectivity index (χ0) is 15.8. The van der Waals surface area contributed by atoms with Crippen molar-refractivity contribution in [1.29, 1.82) is 0 Å². The Labute approximate surface area is 128 Å². The molecule has 118 valence electrons. The van der Waals surface area contributed by atoms with Crippen LogP contribution in [-0.2, 0) is 4.79 Å². The van der Waals surface area contributed by atoms with E-state index in [1.807, 2.05) is 19.9 Å². The largest absolute Gasteiger partial charge is 0.496 e. The summed E-state index contributed by atoms with van der Waals surface area (Å²) in [5, 5.41) is 6.34. The molecule has 1 aromatic carbocycles. The Morgan fingerprint density at radius 1 is 1.33 bits per heavy atom. The third-order valence-corrected chi connectivity index (χ3v) is 3.68. The molecule has 1 rings (SSSR count). The predicted molar refractivity (Wildman–Crippen MR) is 86.7 cm³/mol. The molecule has 0 aliphatic heterocycles. The summed E-state index contributed by atoms with van der Waals surface area (Å²) < 4.78 is 5.42. The molecular formula is C17H28N2O2. The van der Waals surface area contributed by atoms with E-state index in [0.717, 1.165) is 17.7 Å². The molecule has 21 heavy (non-hydrogen) atoms. The van der Waals surface area contributed by atoms with Crippen LogP contribution in [0.4, 0.5) is 0 Å². The van der Waals surface area contributed by atoms with Crippen LogP contribution >= 0.6 is 0 Å². The number of carbonyl (C=O) groups is 1.